The molecule has 6 heteroatoms. The number of aromatic nitrogens is 1. The normalized spacial score (nSPS) is 10.2. The van der Waals surface area contributed by atoms with E-state index < -0.39 is 0 Å². The first-order chi connectivity index (χ1) is 10.1. The van der Waals surface area contributed by atoms with Gasteiger partial charge in [-0.1, -0.05) is 30.1 Å². The number of rotatable bonds is 5. The molecule has 0 radical (unpaired) electrons. The third kappa shape index (κ3) is 4.34. The number of pyridine rings is 1. The van der Waals surface area contributed by atoms with Crippen molar-refractivity contribution in [3.63, 3.8) is 0 Å². The van der Waals surface area contributed by atoms with Crippen LogP contribution in [0.2, 0.25) is 10.0 Å². The number of benzene rings is 1. The Balaban J connectivity index is 2.15. The molecule has 0 aliphatic carbocycles. The zero-order valence-corrected chi connectivity index (χ0v) is 13.0. The van der Waals surface area contributed by atoms with Crippen molar-refractivity contribution in [3.05, 3.63) is 52.3 Å². The zero-order chi connectivity index (χ0) is 15.2. The Hall–Kier alpha value is -1.78. The van der Waals surface area contributed by atoms with E-state index in [1.165, 1.54) is 0 Å². The molecular formula is C15H15Cl2N3O. The van der Waals surface area contributed by atoms with Crippen LogP contribution in [0.4, 0.5) is 11.4 Å². The fraction of sp³-hybridized carbons (Fsp3) is 0.200. The lowest BCUT2D eigenvalue weighted by molar-refractivity contribution is 0.0949. The molecular weight excluding hydrogens is 309 g/mol. The molecule has 0 aliphatic heterocycles. The first-order valence-corrected chi connectivity index (χ1v) is 7.32. The molecule has 4 nitrogen and oxygen atoms in total. The topological polar surface area (TPSA) is 54.0 Å². The molecule has 0 fully saturated rings. The molecule has 110 valence electrons. The van der Waals surface area contributed by atoms with E-state index >= 15 is 0 Å². The van der Waals surface area contributed by atoms with Gasteiger partial charge >= 0.3 is 0 Å². The molecule has 0 spiro atoms. The van der Waals surface area contributed by atoms with Gasteiger partial charge in [-0.05, 0) is 36.8 Å². The van der Waals surface area contributed by atoms with Gasteiger partial charge in [-0.25, -0.2) is 0 Å². The van der Waals surface area contributed by atoms with E-state index in [-0.39, 0.29) is 5.91 Å². The highest BCUT2D eigenvalue weighted by atomic mass is 35.5. The number of nitrogens with one attached hydrogen (secondary N) is 2. The number of hydrogen-bond donors (Lipinski definition) is 2. The van der Waals surface area contributed by atoms with E-state index in [0.29, 0.717) is 28.0 Å². The van der Waals surface area contributed by atoms with Gasteiger partial charge in [0.15, 0.2) is 0 Å². The zero-order valence-electron chi connectivity index (χ0n) is 11.5. The SMILES string of the molecule is CCCNC(=O)c1cc(Nc2ccc(Cl)cc2Cl)ccn1. The Morgan fingerprint density at radius 2 is 2.05 bits per heavy atom. The smallest absolute Gasteiger partial charge is 0.269 e. The number of nitrogens with zero attached hydrogens (tertiary/aromatic N) is 1. The monoisotopic (exact) mass is 323 g/mol. The standard InChI is InChI=1S/C15H15Cl2N3O/c1-2-6-19-15(21)14-9-11(5-7-18-14)20-13-4-3-10(16)8-12(13)17/h3-5,7-9H,2,6H2,1H3,(H,18,20)(H,19,21). The van der Waals surface area contributed by atoms with Crippen LogP contribution in [0.1, 0.15) is 23.8 Å². The molecule has 0 saturated heterocycles. The summed E-state index contributed by atoms with van der Waals surface area (Å²) in [4.78, 5) is 15.9. The molecule has 0 atom stereocenters. The first kappa shape index (κ1) is 15.6. The van der Waals surface area contributed by atoms with E-state index in [1.54, 1.807) is 36.5 Å². The van der Waals surface area contributed by atoms with Gasteiger partial charge < -0.3 is 10.6 Å². The average molecular weight is 324 g/mol. The largest absolute Gasteiger partial charge is 0.354 e. The second-order valence-corrected chi connectivity index (χ2v) is 5.28. The van der Waals surface area contributed by atoms with Crippen LogP contribution in [0.15, 0.2) is 36.5 Å². The van der Waals surface area contributed by atoms with Crippen molar-refractivity contribution >= 4 is 40.5 Å². The summed E-state index contributed by atoms with van der Waals surface area (Å²) in [7, 11) is 0. The molecule has 2 N–H and O–H groups in total. The van der Waals surface area contributed by atoms with Crippen LogP contribution in [0.5, 0.6) is 0 Å². The summed E-state index contributed by atoms with van der Waals surface area (Å²) in [6.45, 7) is 2.62. The lowest BCUT2D eigenvalue weighted by Crippen LogP contribution is -2.24. The third-order valence-corrected chi connectivity index (χ3v) is 3.29. The Morgan fingerprint density at radius 1 is 1.24 bits per heavy atom. The minimum Gasteiger partial charge on any atom is -0.354 e. The third-order valence-electron chi connectivity index (χ3n) is 2.74. The van der Waals surface area contributed by atoms with Gasteiger partial charge in [-0.3, -0.25) is 9.78 Å². The molecule has 0 unspecified atom stereocenters. The summed E-state index contributed by atoms with van der Waals surface area (Å²) in [6.07, 6.45) is 2.46. The van der Waals surface area contributed by atoms with Crippen LogP contribution in [-0.4, -0.2) is 17.4 Å². The van der Waals surface area contributed by atoms with Gasteiger partial charge in [0.05, 0.1) is 10.7 Å². The summed E-state index contributed by atoms with van der Waals surface area (Å²) in [5.41, 5.74) is 1.81. The molecule has 2 aromatic rings. The highest BCUT2D eigenvalue weighted by molar-refractivity contribution is 6.36. The predicted octanol–water partition coefficient (Wildman–Crippen LogP) is 4.27. The van der Waals surface area contributed by atoms with Crippen molar-refractivity contribution in [1.82, 2.24) is 10.3 Å². The number of anilines is 2. The van der Waals surface area contributed by atoms with Crippen molar-refractivity contribution < 1.29 is 4.79 Å². The van der Waals surface area contributed by atoms with Crippen LogP contribution in [0, 0.1) is 0 Å². The van der Waals surface area contributed by atoms with Gasteiger partial charge in [0.1, 0.15) is 5.69 Å². The van der Waals surface area contributed by atoms with E-state index in [0.717, 1.165) is 12.1 Å². The summed E-state index contributed by atoms with van der Waals surface area (Å²) in [5.74, 6) is -0.192. The van der Waals surface area contributed by atoms with E-state index in [2.05, 4.69) is 15.6 Å². The number of hydrogen-bond acceptors (Lipinski definition) is 3. The minimum absolute atomic E-state index is 0.192. The van der Waals surface area contributed by atoms with Crippen molar-refractivity contribution in [2.45, 2.75) is 13.3 Å². The summed E-state index contributed by atoms with van der Waals surface area (Å²) >= 11 is 12.0. The molecule has 1 aromatic heterocycles. The lowest BCUT2D eigenvalue weighted by Gasteiger charge is -2.10. The quantitative estimate of drug-likeness (QED) is 0.863. The van der Waals surface area contributed by atoms with Crippen LogP contribution in [0.3, 0.4) is 0 Å². The second-order valence-electron chi connectivity index (χ2n) is 4.43. The van der Waals surface area contributed by atoms with Crippen LogP contribution in [-0.2, 0) is 0 Å². The maximum absolute atomic E-state index is 11.9. The van der Waals surface area contributed by atoms with Crippen LogP contribution >= 0.6 is 23.2 Å². The minimum atomic E-state index is -0.192. The van der Waals surface area contributed by atoms with E-state index in [1.807, 2.05) is 6.92 Å². The van der Waals surface area contributed by atoms with Gasteiger partial charge in [-0.2, -0.15) is 0 Å². The number of halogens is 2. The second kappa shape index (κ2) is 7.29. The van der Waals surface area contributed by atoms with Gasteiger partial charge in [-0.15, -0.1) is 0 Å². The molecule has 0 aliphatic rings. The first-order valence-electron chi connectivity index (χ1n) is 6.56. The average Bonchev–Trinajstić information content (AvgIpc) is 2.48. The predicted molar refractivity (Wildman–Crippen MR) is 86.6 cm³/mol. The molecule has 1 amide bonds. The van der Waals surface area contributed by atoms with Gasteiger partial charge in [0.25, 0.3) is 5.91 Å². The lowest BCUT2D eigenvalue weighted by atomic mass is 10.2. The maximum Gasteiger partial charge on any atom is 0.269 e. The van der Waals surface area contributed by atoms with Crippen molar-refractivity contribution in [3.8, 4) is 0 Å². The number of amides is 1. The molecule has 1 aromatic carbocycles. The molecule has 0 saturated carbocycles. The molecule has 0 bridgehead atoms. The van der Waals surface area contributed by atoms with Crippen molar-refractivity contribution in [2.24, 2.45) is 0 Å². The highest BCUT2D eigenvalue weighted by Crippen LogP contribution is 2.28. The van der Waals surface area contributed by atoms with Crippen LogP contribution in [0.25, 0.3) is 0 Å². The number of carbonyl (C=O) groups is 1. The van der Waals surface area contributed by atoms with Gasteiger partial charge in [0, 0.05) is 23.5 Å². The molecule has 21 heavy (non-hydrogen) atoms. The summed E-state index contributed by atoms with van der Waals surface area (Å²) in [6, 6.07) is 8.62. The number of carbonyl (C=O) groups excluding carboxylic acids is 1. The Labute approximate surface area is 133 Å². The fourth-order valence-electron chi connectivity index (χ4n) is 1.71. The summed E-state index contributed by atoms with van der Waals surface area (Å²) in [5, 5.41) is 7.01. The highest BCUT2D eigenvalue weighted by Gasteiger charge is 2.08. The summed E-state index contributed by atoms with van der Waals surface area (Å²) < 4.78 is 0. The molecule has 1 heterocycles. The Kier molecular flexibility index (Phi) is 5.42. The molecule has 2 rings (SSSR count). The van der Waals surface area contributed by atoms with E-state index in [9.17, 15) is 4.79 Å². The van der Waals surface area contributed by atoms with Gasteiger partial charge in [0.2, 0.25) is 0 Å². The van der Waals surface area contributed by atoms with Crippen molar-refractivity contribution in [1.29, 1.82) is 0 Å². The maximum atomic E-state index is 11.9. The van der Waals surface area contributed by atoms with Crippen molar-refractivity contribution in [2.75, 3.05) is 11.9 Å². The fourth-order valence-corrected chi connectivity index (χ4v) is 2.16. The van der Waals surface area contributed by atoms with E-state index in [4.69, 9.17) is 23.2 Å². The Bertz CT molecular complexity index is 647. The Morgan fingerprint density at radius 3 is 2.76 bits per heavy atom. The van der Waals surface area contributed by atoms with Crippen LogP contribution < -0.4 is 10.6 Å².